The first-order valence-corrected chi connectivity index (χ1v) is 4.53. The van der Waals surface area contributed by atoms with E-state index in [9.17, 15) is 9.59 Å². The van der Waals surface area contributed by atoms with E-state index in [-0.39, 0.29) is 12.2 Å². The fourth-order valence-corrected chi connectivity index (χ4v) is 1.05. The van der Waals surface area contributed by atoms with Crippen molar-refractivity contribution in [2.75, 3.05) is 25.5 Å². The Bertz CT molecular complexity index is 389. The number of hydrogen-bond acceptors (Lipinski definition) is 4. The van der Waals surface area contributed by atoms with Crippen molar-refractivity contribution in [1.82, 2.24) is 14.9 Å². The molecule has 0 atom stereocenters. The number of nitrogens with one attached hydrogen (secondary N) is 2. The number of likely N-dealkylation sites (N-methyl/N-ethyl adjacent to an activating group) is 1. The van der Waals surface area contributed by atoms with Crippen LogP contribution in [0.5, 0.6) is 0 Å². The van der Waals surface area contributed by atoms with Crippen molar-refractivity contribution in [1.29, 1.82) is 0 Å². The number of carboxylic acid groups (broad SMARTS) is 1. The summed E-state index contributed by atoms with van der Waals surface area (Å²) in [4.78, 5) is 28.9. The molecule has 0 radical (unpaired) electrons. The molecule has 0 unspecified atom stereocenters. The third kappa shape index (κ3) is 2.87. The first-order chi connectivity index (χ1) is 7.52. The average molecular weight is 227 g/mol. The standard InChI is InChI=1S/C8H13N5O3/c1-13(8(15)16)3-2-10-7-5(6(9)14)11-4-12-7/h4,10H,2-3H2,1H3,(H2,9,14)(H,11,12)(H,15,16). The van der Waals surface area contributed by atoms with Crippen LogP contribution in [0.25, 0.3) is 0 Å². The van der Waals surface area contributed by atoms with E-state index in [1.165, 1.54) is 13.4 Å². The van der Waals surface area contributed by atoms with Gasteiger partial charge in [0.25, 0.3) is 5.91 Å². The second-order valence-electron chi connectivity index (χ2n) is 3.12. The molecule has 8 nitrogen and oxygen atoms in total. The van der Waals surface area contributed by atoms with Crippen LogP contribution in [-0.4, -0.2) is 52.1 Å². The maximum Gasteiger partial charge on any atom is 0.407 e. The topological polar surface area (TPSA) is 124 Å². The molecular weight excluding hydrogens is 214 g/mol. The maximum atomic E-state index is 10.9. The number of carbonyl (C=O) groups excluding carboxylic acids is 1. The summed E-state index contributed by atoms with van der Waals surface area (Å²) in [5.74, 6) is -0.294. The van der Waals surface area contributed by atoms with Crippen molar-refractivity contribution in [3.63, 3.8) is 0 Å². The highest BCUT2D eigenvalue weighted by atomic mass is 16.4. The van der Waals surface area contributed by atoms with Crippen LogP contribution in [-0.2, 0) is 0 Å². The van der Waals surface area contributed by atoms with Gasteiger partial charge >= 0.3 is 6.09 Å². The van der Waals surface area contributed by atoms with Crippen LogP contribution in [0.3, 0.4) is 0 Å². The quantitative estimate of drug-likeness (QED) is 0.541. The highest BCUT2D eigenvalue weighted by Gasteiger charge is 2.11. The van der Waals surface area contributed by atoms with Gasteiger partial charge in [0.15, 0.2) is 5.82 Å². The molecule has 0 bridgehead atoms. The van der Waals surface area contributed by atoms with Crippen LogP contribution in [0.2, 0.25) is 0 Å². The van der Waals surface area contributed by atoms with Gasteiger partial charge < -0.3 is 26.0 Å². The van der Waals surface area contributed by atoms with Crippen molar-refractivity contribution >= 4 is 17.8 Å². The van der Waals surface area contributed by atoms with Crippen molar-refractivity contribution < 1.29 is 14.7 Å². The molecule has 0 aliphatic rings. The van der Waals surface area contributed by atoms with Crippen LogP contribution in [0.1, 0.15) is 10.5 Å². The Balaban J connectivity index is 2.46. The fourth-order valence-electron chi connectivity index (χ4n) is 1.05. The largest absolute Gasteiger partial charge is 0.465 e. The van der Waals surface area contributed by atoms with Crippen molar-refractivity contribution in [2.24, 2.45) is 5.73 Å². The smallest absolute Gasteiger partial charge is 0.407 e. The number of nitrogens with two attached hydrogens (primary N) is 1. The van der Waals surface area contributed by atoms with Crippen molar-refractivity contribution in [3.05, 3.63) is 12.0 Å². The molecule has 0 aromatic carbocycles. The second-order valence-corrected chi connectivity index (χ2v) is 3.12. The van der Waals surface area contributed by atoms with Gasteiger partial charge in [-0.15, -0.1) is 0 Å². The molecule has 0 aliphatic heterocycles. The number of rotatable bonds is 5. The Hall–Kier alpha value is -2.25. The Labute approximate surface area is 91.5 Å². The number of H-pyrrole nitrogens is 1. The van der Waals surface area contributed by atoms with Gasteiger partial charge in [-0.25, -0.2) is 9.78 Å². The molecule has 0 saturated heterocycles. The van der Waals surface area contributed by atoms with E-state index in [4.69, 9.17) is 10.8 Å². The molecule has 1 rings (SSSR count). The minimum absolute atomic E-state index is 0.179. The van der Waals surface area contributed by atoms with Gasteiger partial charge in [-0.3, -0.25) is 4.79 Å². The Morgan fingerprint density at radius 3 is 2.94 bits per heavy atom. The van der Waals surface area contributed by atoms with E-state index in [1.54, 1.807) is 0 Å². The Morgan fingerprint density at radius 2 is 2.38 bits per heavy atom. The minimum Gasteiger partial charge on any atom is -0.465 e. The highest BCUT2D eigenvalue weighted by Crippen LogP contribution is 2.07. The number of imidazole rings is 1. The zero-order valence-electron chi connectivity index (χ0n) is 8.73. The molecule has 1 heterocycles. The van der Waals surface area contributed by atoms with Crippen molar-refractivity contribution in [3.8, 4) is 0 Å². The molecule has 1 aromatic rings. The summed E-state index contributed by atoms with van der Waals surface area (Å²) >= 11 is 0. The Kier molecular flexibility index (Phi) is 3.70. The third-order valence-corrected chi connectivity index (χ3v) is 1.95. The number of aromatic amines is 1. The summed E-state index contributed by atoms with van der Waals surface area (Å²) in [5.41, 5.74) is 5.26. The molecule has 88 valence electrons. The predicted octanol–water partition coefficient (Wildman–Crippen LogP) is -0.470. The highest BCUT2D eigenvalue weighted by molar-refractivity contribution is 5.95. The molecule has 0 aliphatic carbocycles. The lowest BCUT2D eigenvalue weighted by Gasteiger charge is -2.13. The van der Waals surface area contributed by atoms with E-state index >= 15 is 0 Å². The maximum absolute atomic E-state index is 10.9. The molecule has 1 aromatic heterocycles. The molecule has 16 heavy (non-hydrogen) atoms. The normalized spacial score (nSPS) is 9.81. The predicted molar refractivity (Wildman–Crippen MR) is 56.3 cm³/mol. The third-order valence-electron chi connectivity index (χ3n) is 1.95. The number of amides is 2. The zero-order chi connectivity index (χ0) is 12.1. The van der Waals surface area contributed by atoms with Gasteiger partial charge in [0, 0.05) is 20.1 Å². The first-order valence-electron chi connectivity index (χ1n) is 4.53. The van der Waals surface area contributed by atoms with E-state index in [0.29, 0.717) is 12.4 Å². The van der Waals surface area contributed by atoms with Gasteiger partial charge in [-0.05, 0) is 0 Å². The molecule has 0 saturated carbocycles. The fraction of sp³-hybridized carbons (Fsp3) is 0.375. The summed E-state index contributed by atoms with van der Waals surface area (Å²) in [6.45, 7) is 0.619. The van der Waals surface area contributed by atoms with Crippen LogP contribution in [0.15, 0.2) is 6.33 Å². The van der Waals surface area contributed by atoms with Gasteiger partial charge in [-0.2, -0.15) is 0 Å². The number of aromatic nitrogens is 2. The molecule has 0 fully saturated rings. The number of primary amides is 1. The summed E-state index contributed by atoms with van der Waals surface area (Å²) in [6, 6.07) is 0. The molecule has 5 N–H and O–H groups in total. The van der Waals surface area contributed by atoms with E-state index in [2.05, 4.69) is 15.3 Å². The first kappa shape index (κ1) is 11.8. The molecular formula is C8H13N5O3. The monoisotopic (exact) mass is 227 g/mol. The summed E-state index contributed by atoms with van der Waals surface area (Å²) in [6.07, 6.45) is 0.322. The lowest BCUT2D eigenvalue weighted by Crippen LogP contribution is -2.30. The van der Waals surface area contributed by atoms with Gasteiger partial charge in [0.2, 0.25) is 0 Å². The second kappa shape index (κ2) is 5.01. The Morgan fingerprint density at radius 1 is 1.69 bits per heavy atom. The molecule has 8 heteroatoms. The van der Waals surface area contributed by atoms with Gasteiger partial charge in [-0.1, -0.05) is 0 Å². The van der Waals surface area contributed by atoms with Gasteiger partial charge in [0.1, 0.15) is 5.69 Å². The minimum atomic E-state index is -1.01. The zero-order valence-corrected chi connectivity index (χ0v) is 8.73. The average Bonchev–Trinajstić information content (AvgIpc) is 2.65. The molecule has 0 spiro atoms. The summed E-state index contributed by atoms with van der Waals surface area (Å²) in [7, 11) is 1.45. The van der Waals surface area contributed by atoms with E-state index < -0.39 is 12.0 Å². The number of carbonyl (C=O) groups is 2. The summed E-state index contributed by atoms with van der Waals surface area (Å²) < 4.78 is 0. The lowest BCUT2D eigenvalue weighted by atomic mass is 10.4. The SMILES string of the molecule is CN(CCNc1nc[nH]c1C(N)=O)C(=O)O. The summed E-state index contributed by atoms with van der Waals surface area (Å²) in [5, 5.41) is 11.4. The number of nitrogens with zero attached hydrogens (tertiary/aromatic N) is 2. The van der Waals surface area contributed by atoms with E-state index in [1.807, 2.05) is 0 Å². The van der Waals surface area contributed by atoms with E-state index in [0.717, 1.165) is 4.90 Å². The number of hydrogen-bond donors (Lipinski definition) is 4. The van der Waals surface area contributed by atoms with Crippen molar-refractivity contribution in [2.45, 2.75) is 0 Å². The lowest BCUT2D eigenvalue weighted by molar-refractivity contribution is 0.0996. The van der Waals surface area contributed by atoms with Crippen LogP contribution >= 0.6 is 0 Å². The van der Waals surface area contributed by atoms with Crippen LogP contribution in [0.4, 0.5) is 10.6 Å². The molecule has 2 amide bonds. The van der Waals surface area contributed by atoms with Crippen LogP contribution in [0, 0.1) is 0 Å². The number of anilines is 1. The van der Waals surface area contributed by atoms with Gasteiger partial charge in [0.05, 0.1) is 6.33 Å². The van der Waals surface area contributed by atoms with Crippen LogP contribution < -0.4 is 11.1 Å².